The number of nitriles is 1. The summed E-state index contributed by atoms with van der Waals surface area (Å²) in [6.45, 7) is 2.65. The van der Waals surface area contributed by atoms with Gasteiger partial charge in [-0.2, -0.15) is 5.26 Å². The topological polar surface area (TPSA) is 83.0 Å². The van der Waals surface area contributed by atoms with Crippen molar-refractivity contribution in [1.82, 2.24) is 9.88 Å². The van der Waals surface area contributed by atoms with Gasteiger partial charge in [0.1, 0.15) is 11.8 Å². The Bertz CT molecular complexity index is 498. The summed E-state index contributed by atoms with van der Waals surface area (Å²) < 4.78 is 0. The van der Waals surface area contributed by atoms with Crippen LogP contribution in [-0.4, -0.2) is 34.4 Å². The molecular weight excluding hydrogens is 252 g/mol. The number of nitrogens with two attached hydrogens (primary N) is 1. The molecule has 1 aromatic heterocycles. The fourth-order valence-electron chi connectivity index (χ4n) is 2.71. The molecule has 20 heavy (non-hydrogen) atoms. The number of carbonyl (C=O) groups excluding carboxylic acids is 1. The summed E-state index contributed by atoms with van der Waals surface area (Å²) in [6, 6.07) is 5.78. The third-order valence-electron chi connectivity index (χ3n) is 3.90. The number of amides is 1. The molecular formula is C15H20N4O. The van der Waals surface area contributed by atoms with Gasteiger partial charge in [0, 0.05) is 24.8 Å². The molecule has 0 radical (unpaired) electrons. The third kappa shape index (κ3) is 3.14. The van der Waals surface area contributed by atoms with Crippen LogP contribution in [-0.2, 0) is 0 Å². The smallest absolute Gasteiger partial charge is 0.272 e. The van der Waals surface area contributed by atoms with Crippen molar-refractivity contribution in [3.05, 3.63) is 29.6 Å². The summed E-state index contributed by atoms with van der Waals surface area (Å²) in [4.78, 5) is 18.5. The largest absolute Gasteiger partial charge is 0.335 e. The lowest BCUT2D eigenvalue weighted by atomic mass is 9.90. The lowest BCUT2D eigenvalue weighted by Gasteiger charge is -2.35. The summed E-state index contributed by atoms with van der Waals surface area (Å²) >= 11 is 0. The van der Waals surface area contributed by atoms with Crippen LogP contribution in [0.15, 0.2) is 18.3 Å². The van der Waals surface area contributed by atoms with E-state index in [0.717, 1.165) is 25.7 Å². The molecule has 5 nitrogen and oxygen atoms in total. The van der Waals surface area contributed by atoms with E-state index < -0.39 is 0 Å². The number of rotatable bonds is 3. The number of hydrogen-bond donors (Lipinski definition) is 1. The van der Waals surface area contributed by atoms with Gasteiger partial charge in [-0.05, 0) is 44.7 Å². The normalized spacial score (nSPS) is 22.1. The van der Waals surface area contributed by atoms with Gasteiger partial charge < -0.3 is 10.6 Å². The fourth-order valence-corrected chi connectivity index (χ4v) is 2.71. The highest BCUT2D eigenvalue weighted by Crippen LogP contribution is 2.23. The number of nitrogens with zero attached hydrogens (tertiary/aromatic N) is 3. The van der Waals surface area contributed by atoms with E-state index in [2.05, 4.69) is 4.98 Å². The zero-order valence-electron chi connectivity index (χ0n) is 11.7. The minimum atomic E-state index is -0.0579. The highest BCUT2D eigenvalue weighted by molar-refractivity contribution is 5.92. The molecule has 1 aliphatic rings. The molecule has 1 fully saturated rings. The monoisotopic (exact) mass is 272 g/mol. The maximum Gasteiger partial charge on any atom is 0.272 e. The predicted octanol–water partition coefficient (Wildman–Crippen LogP) is 1.69. The van der Waals surface area contributed by atoms with Gasteiger partial charge in [-0.25, -0.2) is 4.98 Å². The molecule has 0 saturated heterocycles. The minimum absolute atomic E-state index is 0.0579. The van der Waals surface area contributed by atoms with E-state index in [4.69, 9.17) is 11.0 Å². The van der Waals surface area contributed by atoms with Gasteiger partial charge in [0.15, 0.2) is 0 Å². The third-order valence-corrected chi connectivity index (χ3v) is 3.90. The lowest BCUT2D eigenvalue weighted by Crippen LogP contribution is -2.44. The highest BCUT2D eigenvalue weighted by atomic mass is 16.2. The minimum Gasteiger partial charge on any atom is -0.335 e. The van der Waals surface area contributed by atoms with E-state index >= 15 is 0 Å². The van der Waals surface area contributed by atoms with Crippen LogP contribution in [0, 0.1) is 11.3 Å². The Balaban J connectivity index is 2.10. The first-order chi connectivity index (χ1) is 9.65. The van der Waals surface area contributed by atoms with Crippen molar-refractivity contribution in [2.24, 2.45) is 5.73 Å². The molecule has 0 aliphatic heterocycles. The van der Waals surface area contributed by atoms with E-state index in [9.17, 15) is 4.79 Å². The Morgan fingerprint density at radius 1 is 1.45 bits per heavy atom. The summed E-state index contributed by atoms with van der Waals surface area (Å²) in [5.74, 6) is -0.0579. The number of carbonyl (C=O) groups is 1. The first-order valence-electron chi connectivity index (χ1n) is 7.08. The molecule has 0 unspecified atom stereocenters. The summed E-state index contributed by atoms with van der Waals surface area (Å²) in [5.41, 5.74) is 6.78. The number of hydrogen-bond acceptors (Lipinski definition) is 4. The predicted molar refractivity (Wildman–Crippen MR) is 75.9 cm³/mol. The van der Waals surface area contributed by atoms with E-state index in [1.54, 1.807) is 12.1 Å². The van der Waals surface area contributed by atoms with Crippen molar-refractivity contribution >= 4 is 5.91 Å². The molecule has 0 spiro atoms. The van der Waals surface area contributed by atoms with Crippen molar-refractivity contribution < 1.29 is 4.79 Å². The standard InChI is InChI=1S/C15H20N4O/c1-2-19(13-6-4-12(17)5-7-13)15(20)14-8-3-11(9-16)10-18-14/h3,8,10,12-13H,2,4-7,17H2,1H3. The van der Waals surface area contributed by atoms with Crippen LogP contribution >= 0.6 is 0 Å². The average Bonchev–Trinajstić information content (AvgIpc) is 2.50. The van der Waals surface area contributed by atoms with E-state index in [1.165, 1.54) is 6.20 Å². The van der Waals surface area contributed by atoms with Gasteiger partial charge in [-0.15, -0.1) is 0 Å². The second-order valence-corrected chi connectivity index (χ2v) is 5.20. The molecule has 1 aromatic rings. The van der Waals surface area contributed by atoms with Crippen LogP contribution < -0.4 is 5.73 Å². The van der Waals surface area contributed by atoms with Crippen LogP contribution in [0.2, 0.25) is 0 Å². The fraction of sp³-hybridized carbons (Fsp3) is 0.533. The summed E-state index contributed by atoms with van der Waals surface area (Å²) in [6.07, 6.45) is 5.29. The van der Waals surface area contributed by atoms with Gasteiger partial charge in [-0.1, -0.05) is 0 Å². The van der Waals surface area contributed by atoms with Crippen LogP contribution in [0.4, 0.5) is 0 Å². The second kappa shape index (κ2) is 6.49. The van der Waals surface area contributed by atoms with Crippen molar-refractivity contribution in [2.75, 3.05) is 6.54 Å². The molecule has 2 N–H and O–H groups in total. The Hall–Kier alpha value is -1.93. The summed E-state index contributed by atoms with van der Waals surface area (Å²) in [7, 11) is 0. The highest BCUT2D eigenvalue weighted by Gasteiger charge is 2.27. The van der Waals surface area contributed by atoms with Gasteiger partial charge in [0.05, 0.1) is 5.56 Å². The van der Waals surface area contributed by atoms with E-state index in [-0.39, 0.29) is 18.0 Å². The summed E-state index contributed by atoms with van der Waals surface area (Å²) in [5, 5.41) is 8.75. The molecule has 0 aromatic carbocycles. The van der Waals surface area contributed by atoms with Crippen LogP contribution in [0.5, 0.6) is 0 Å². The molecule has 1 amide bonds. The molecule has 1 saturated carbocycles. The Morgan fingerprint density at radius 2 is 2.15 bits per heavy atom. The zero-order chi connectivity index (χ0) is 14.5. The number of aromatic nitrogens is 1. The second-order valence-electron chi connectivity index (χ2n) is 5.20. The first-order valence-corrected chi connectivity index (χ1v) is 7.08. The molecule has 0 atom stereocenters. The van der Waals surface area contributed by atoms with Gasteiger partial charge >= 0.3 is 0 Å². The van der Waals surface area contributed by atoms with Gasteiger partial charge in [-0.3, -0.25) is 4.79 Å². The zero-order valence-corrected chi connectivity index (χ0v) is 11.7. The molecule has 1 aliphatic carbocycles. The van der Waals surface area contributed by atoms with Crippen LogP contribution in [0.1, 0.15) is 48.7 Å². The van der Waals surface area contributed by atoms with Crippen molar-refractivity contribution in [2.45, 2.75) is 44.7 Å². The quantitative estimate of drug-likeness (QED) is 0.907. The Labute approximate surface area is 119 Å². The van der Waals surface area contributed by atoms with E-state index in [1.807, 2.05) is 17.9 Å². The van der Waals surface area contributed by atoms with Crippen LogP contribution in [0.25, 0.3) is 0 Å². The Morgan fingerprint density at radius 3 is 2.65 bits per heavy atom. The molecule has 5 heteroatoms. The first kappa shape index (κ1) is 14.5. The van der Waals surface area contributed by atoms with Crippen molar-refractivity contribution in [3.8, 4) is 6.07 Å². The average molecular weight is 272 g/mol. The van der Waals surface area contributed by atoms with Crippen LogP contribution in [0.3, 0.4) is 0 Å². The SMILES string of the molecule is CCN(C(=O)c1ccc(C#N)cn1)C1CCC(N)CC1. The van der Waals surface area contributed by atoms with Gasteiger partial charge in [0.25, 0.3) is 5.91 Å². The lowest BCUT2D eigenvalue weighted by molar-refractivity contribution is 0.0634. The van der Waals surface area contributed by atoms with E-state index in [0.29, 0.717) is 17.8 Å². The molecule has 106 valence electrons. The van der Waals surface area contributed by atoms with Gasteiger partial charge in [0.2, 0.25) is 0 Å². The van der Waals surface area contributed by atoms with Crippen molar-refractivity contribution in [3.63, 3.8) is 0 Å². The maximum absolute atomic E-state index is 12.5. The molecule has 1 heterocycles. The Kier molecular flexibility index (Phi) is 4.70. The van der Waals surface area contributed by atoms with Crippen molar-refractivity contribution in [1.29, 1.82) is 5.26 Å². The molecule has 2 rings (SSSR count). The maximum atomic E-state index is 12.5. The molecule has 0 bridgehead atoms. The number of pyridine rings is 1.